The molecule has 2 N–H and O–H groups in total. The van der Waals surface area contributed by atoms with Gasteiger partial charge in [0.2, 0.25) is 0 Å². The maximum Gasteiger partial charge on any atom is 0.356 e. The Morgan fingerprint density at radius 2 is 2.09 bits per heavy atom. The van der Waals surface area contributed by atoms with Gasteiger partial charge in [-0.15, -0.1) is 12.4 Å². The highest BCUT2D eigenvalue weighted by atomic mass is 35.5. The standard InChI is InChI=1S/C6H8N2O2.ClH/c1-3-5(6(9)10)8-4(2)7-3;/h1-2H3,(H,7,8)(H,9,10);1H. The van der Waals surface area contributed by atoms with E-state index in [1.807, 2.05) is 0 Å². The van der Waals surface area contributed by atoms with Gasteiger partial charge in [0, 0.05) is 5.69 Å². The highest BCUT2D eigenvalue weighted by Crippen LogP contribution is 2.02. The number of imidazole rings is 1. The normalized spacial score (nSPS) is 8.91. The number of aromatic nitrogens is 2. The van der Waals surface area contributed by atoms with Gasteiger partial charge in [0.25, 0.3) is 0 Å². The molecule has 11 heavy (non-hydrogen) atoms. The number of hydrogen-bond acceptors (Lipinski definition) is 2. The molecule has 1 aromatic heterocycles. The summed E-state index contributed by atoms with van der Waals surface area (Å²) in [5, 5.41) is 8.50. The third-order valence-corrected chi connectivity index (χ3v) is 1.21. The van der Waals surface area contributed by atoms with Crippen LogP contribution in [0.4, 0.5) is 0 Å². The molecular formula is C6H9ClN2O2. The van der Waals surface area contributed by atoms with Crippen molar-refractivity contribution in [3.63, 3.8) is 0 Å². The molecule has 0 spiro atoms. The van der Waals surface area contributed by atoms with E-state index in [0.29, 0.717) is 11.5 Å². The molecule has 0 saturated carbocycles. The molecule has 5 heteroatoms. The molecule has 1 rings (SSSR count). The molecule has 0 aliphatic rings. The van der Waals surface area contributed by atoms with E-state index in [-0.39, 0.29) is 18.1 Å². The average Bonchev–Trinajstić information content (AvgIpc) is 2.10. The highest BCUT2D eigenvalue weighted by Gasteiger charge is 2.10. The van der Waals surface area contributed by atoms with E-state index in [9.17, 15) is 4.79 Å². The van der Waals surface area contributed by atoms with Gasteiger partial charge in [-0.3, -0.25) is 0 Å². The summed E-state index contributed by atoms with van der Waals surface area (Å²) >= 11 is 0. The lowest BCUT2D eigenvalue weighted by Gasteiger charge is -1.84. The molecule has 0 radical (unpaired) electrons. The van der Waals surface area contributed by atoms with Crippen molar-refractivity contribution in [3.8, 4) is 0 Å². The predicted molar refractivity (Wildman–Crippen MR) is 42.3 cm³/mol. The van der Waals surface area contributed by atoms with Crippen LogP contribution in [0.3, 0.4) is 0 Å². The number of aryl methyl sites for hydroxylation is 2. The summed E-state index contributed by atoms with van der Waals surface area (Å²) in [6.07, 6.45) is 0. The van der Waals surface area contributed by atoms with Crippen LogP contribution in [-0.2, 0) is 0 Å². The summed E-state index contributed by atoms with van der Waals surface area (Å²) < 4.78 is 0. The van der Waals surface area contributed by atoms with Gasteiger partial charge in [0.1, 0.15) is 5.82 Å². The van der Waals surface area contributed by atoms with Crippen molar-refractivity contribution in [1.82, 2.24) is 9.97 Å². The molecule has 1 aromatic rings. The first-order valence-electron chi connectivity index (χ1n) is 2.87. The third-order valence-electron chi connectivity index (χ3n) is 1.21. The van der Waals surface area contributed by atoms with Crippen molar-refractivity contribution >= 4 is 18.4 Å². The second-order valence-electron chi connectivity index (χ2n) is 2.10. The maximum atomic E-state index is 10.4. The van der Waals surface area contributed by atoms with E-state index in [1.54, 1.807) is 13.8 Å². The second kappa shape index (κ2) is 3.39. The molecule has 0 aromatic carbocycles. The molecule has 0 amide bonds. The Balaban J connectivity index is 0.000001000. The third kappa shape index (κ3) is 1.94. The molecule has 0 aliphatic heterocycles. The fourth-order valence-corrected chi connectivity index (χ4v) is 0.818. The first kappa shape index (κ1) is 9.97. The molecule has 0 atom stereocenters. The van der Waals surface area contributed by atoms with Gasteiger partial charge in [0.15, 0.2) is 5.69 Å². The van der Waals surface area contributed by atoms with E-state index >= 15 is 0 Å². The van der Waals surface area contributed by atoms with Crippen LogP contribution in [0.15, 0.2) is 0 Å². The van der Waals surface area contributed by atoms with E-state index in [0.717, 1.165) is 0 Å². The van der Waals surface area contributed by atoms with Crippen LogP contribution in [0.5, 0.6) is 0 Å². The van der Waals surface area contributed by atoms with Crippen molar-refractivity contribution in [1.29, 1.82) is 0 Å². The minimum atomic E-state index is -0.984. The van der Waals surface area contributed by atoms with Crippen LogP contribution in [0, 0.1) is 13.8 Å². The molecular weight excluding hydrogens is 168 g/mol. The fraction of sp³-hybridized carbons (Fsp3) is 0.333. The smallest absolute Gasteiger partial charge is 0.356 e. The first-order chi connectivity index (χ1) is 4.61. The van der Waals surface area contributed by atoms with Gasteiger partial charge in [-0.05, 0) is 13.8 Å². The van der Waals surface area contributed by atoms with E-state index in [2.05, 4.69) is 9.97 Å². The zero-order valence-corrected chi connectivity index (χ0v) is 7.03. The van der Waals surface area contributed by atoms with Gasteiger partial charge >= 0.3 is 5.97 Å². The van der Waals surface area contributed by atoms with Crippen molar-refractivity contribution in [2.45, 2.75) is 13.8 Å². The maximum absolute atomic E-state index is 10.4. The molecule has 0 aliphatic carbocycles. The van der Waals surface area contributed by atoms with Crippen molar-refractivity contribution in [2.24, 2.45) is 0 Å². The number of H-pyrrole nitrogens is 1. The van der Waals surface area contributed by atoms with Gasteiger partial charge in [-0.25, -0.2) is 9.78 Å². The highest BCUT2D eigenvalue weighted by molar-refractivity contribution is 5.86. The molecule has 4 nitrogen and oxygen atoms in total. The average molecular weight is 177 g/mol. The van der Waals surface area contributed by atoms with Gasteiger partial charge in [-0.1, -0.05) is 0 Å². The number of nitrogens with zero attached hydrogens (tertiary/aromatic N) is 1. The zero-order chi connectivity index (χ0) is 7.72. The minimum absolute atomic E-state index is 0. The number of aromatic carboxylic acids is 1. The summed E-state index contributed by atoms with van der Waals surface area (Å²) in [6, 6.07) is 0. The molecule has 0 saturated heterocycles. The molecule has 1 heterocycles. The predicted octanol–water partition coefficient (Wildman–Crippen LogP) is 1.15. The van der Waals surface area contributed by atoms with Crippen LogP contribution in [-0.4, -0.2) is 21.0 Å². The van der Waals surface area contributed by atoms with E-state index < -0.39 is 5.97 Å². The lowest BCUT2D eigenvalue weighted by atomic mass is 10.4. The Hall–Kier alpha value is -1.03. The summed E-state index contributed by atoms with van der Waals surface area (Å²) in [5.41, 5.74) is 0.711. The molecule has 0 fully saturated rings. The van der Waals surface area contributed by atoms with Crippen LogP contribution >= 0.6 is 12.4 Å². The number of carboxylic acid groups (broad SMARTS) is 1. The lowest BCUT2D eigenvalue weighted by Crippen LogP contribution is -1.98. The summed E-state index contributed by atoms with van der Waals surface area (Å²) in [7, 11) is 0. The van der Waals surface area contributed by atoms with Crippen LogP contribution in [0.25, 0.3) is 0 Å². The van der Waals surface area contributed by atoms with Crippen molar-refractivity contribution < 1.29 is 9.90 Å². The monoisotopic (exact) mass is 176 g/mol. The Bertz CT molecular complexity index is 270. The summed E-state index contributed by atoms with van der Waals surface area (Å²) in [4.78, 5) is 16.9. The topological polar surface area (TPSA) is 66.0 Å². The lowest BCUT2D eigenvalue weighted by molar-refractivity contribution is 0.0690. The number of hydrogen-bond donors (Lipinski definition) is 2. The van der Waals surface area contributed by atoms with Crippen molar-refractivity contribution in [3.05, 3.63) is 17.2 Å². The molecule has 0 unspecified atom stereocenters. The number of carbonyl (C=O) groups is 1. The van der Waals surface area contributed by atoms with Gasteiger partial charge in [-0.2, -0.15) is 0 Å². The Morgan fingerprint density at radius 3 is 2.27 bits per heavy atom. The quantitative estimate of drug-likeness (QED) is 0.675. The largest absolute Gasteiger partial charge is 0.476 e. The van der Waals surface area contributed by atoms with Crippen LogP contribution < -0.4 is 0 Å². The fourth-order valence-electron chi connectivity index (χ4n) is 0.818. The van der Waals surface area contributed by atoms with E-state index in [1.165, 1.54) is 0 Å². The van der Waals surface area contributed by atoms with Crippen molar-refractivity contribution in [2.75, 3.05) is 0 Å². The molecule has 62 valence electrons. The number of nitrogens with one attached hydrogen (secondary N) is 1. The number of carboxylic acids is 1. The zero-order valence-electron chi connectivity index (χ0n) is 6.21. The van der Waals surface area contributed by atoms with Crippen LogP contribution in [0.1, 0.15) is 22.0 Å². The number of rotatable bonds is 1. The summed E-state index contributed by atoms with van der Waals surface area (Å²) in [5.74, 6) is -0.350. The second-order valence-corrected chi connectivity index (χ2v) is 2.10. The summed E-state index contributed by atoms with van der Waals surface area (Å²) in [6.45, 7) is 3.41. The van der Waals surface area contributed by atoms with Gasteiger partial charge < -0.3 is 10.1 Å². The minimum Gasteiger partial charge on any atom is -0.476 e. The Morgan fingerprint density at radius 1 is 1.55 bits per heavy atom. The Labute approximate surface area is 70.1 Å². The van der Waals surface area contributed by atoms with E-state index in [4.69, 9.17) is 5.11 Å². The SMILES string of the molecule is Cc1nc(C(=O)O)c(C)[nH]1.Cl. The van der Waals surface area contributed by atoms with Gasteiger partial charge in [0.05, 0.1) is 0 Å². The molecule has 0 bridgehead atoms. The van der Waals surface area contributed by atoms with Crippen LogP contribution in [0.2, 0.25) is 0 Å². The Kier molecular flexibility index (Phi) is 3.07. The first-order valence-corrected chi connectivity index (χ1v) is 2.87. The number of halogens is 1. The number of aromatic amines is 1.